The highest BCUT2D eigenvalue weighted by molar-refractivity contribution is 7.89. The summed E-state index contributed by atoms with van der Waals surface area (Å²) in [4.78, 5) is 4.03. The zero-order chi connectivity index (χ0) is 21.8. The average molecular weight is 452 g/mol. The second kappa shape index (κ2) is 7.20. The van der Waals surface area contributed by atoms with Crippen molar-refractivity contribution in [3.05, 3.63) is 53.5 Å². The Bertz CT molecular complexity index is 1250. The molecule has 31 heavy (non-hydrogen) atoms. The van der Waals surface area contributed by atoms with Crippen LogP contribution in [0.1, 0.15) is 35.4 Å². The van der Waals surface area contributed by atoms with Gasteiger partial charge >= 0.3 is 6.18 Å². The van der Waals surface area contributed by atoms with Crippen molar-refractivity contribution >= 4 is 15.7 Å². The first-order chi connectivity index (χ1) is 14.7. The first-order valence-corrected chi connectivity index (χ1v) is 11.3. The van der Waals surface area contributed by atoms with Gasteiger partial charge in [0.15, 0.2) is 5.65 Å². The fourth-order valence-electron chi connectivity index (χ4n) is 4.33. The summed E-state index contributed by atoms with van der Waals surface area (Å²) in [7, 11) is -3.73. The van der Waals surface area contributed by atoms with Crippen LogP contribution in [-0.2, 0) is 22.6 Å². The molecule has 4 heterocycles. The number of pyridine rings is 1. The molecular formula is C20H19F3N4O3S. The number of nitrogens with zero attached hydrogens (tertiary/aromatic N) is 4. The minimum atomic E-state index is -4.53. The molecule has 0 saturated carbocycles. The maximum atomic E-state index is 13.7. The fraction of sp³-hybridized carbons (Fsp3) is 0.400. The maximum absolute atomic E-state index is 13.7. The summed E-state index contributed by atoms with van der Waals surface area (Å²) in [6.07, 6.45) is -0.728. The lowest BCUT2D eigenvalue weighted by atomic mass is 9.88. The summed E-state index contributed by atoms with van der Waals surface area (Å²) >= 11 is 0. The Balaban J connectivity index is 1.39. The van der Waals surface area contributed by atoms with Crippen LogP contribution in [0.4, 0.5) is 13.2 Å². The number of sulfonamides is 1. The predicted octanol–water partition coefficient (Wildman–Crippen LogP) is 3.25. The third-order valence-corrected chi connectivity index (χ3v) is 7.84. The molecule has 2 aliphatic rings. The van der Waals surface area contributed by atoms with Crippen LogP contribution in [-0.4, -0.2) is 47.0 Å². The molecular weight excluding hydrogens is 433 g/mol. The summed E-state index contributed by atoms with van der Waals surface area (Å²) in [5, 5.41) is 3.94. The Morgan fingerprint density at radius 1 is 1.13 bits per heavy atom. The first kappa shape index (κ1) is 20.3. The molecule has 2 aliphatic heterocycles. The number of aromatic nitrogens is 3. The number of hydrogen-bond donors (Lipinski definition) is 0. The van der Waals surface area contributed by atoms with Gasteiger partial charge in [0.05, 0.1) is 17.1 Å². The van der Waals surface area contributed by atoms with Crippen molar-refractivity contribution in [2.75, 3.05) is 19.7 Å². The molecule has 5 rings (SSSR count). The standard InChI is InChI=1S/C20H19F3N4O3S/c21-20(22,23)17-10-19-24-12-25-27(19)11-16(17)13-3-6-26(7-4-13)31(28,29)15-1-2-18-14(9-15)5-8-30-18/h1-2,9-13H,3-8H2. The largest absolute Gasteiger partial charge is 0.493 e. The molecule has 2 aromatic heterocycles. The topological polar surface area (TPSA) is 76.8 Å². The predicted molar refractivity (Wildman–Crippen MR) is 104 cm³/mol. The first-order valence-electron chi connectivity index (χ1n) is 9.90. The number of piperidine rings is 1. The Labute approximate surface area is 176 Å². The van der Waals surface area contributed by atoms with Gasteiger partial charge in [-0.3, -0.25) is 0 Å². The zero-order valence-electron chi connectivity index (χ0n) is 16.3. The van der Waals surface area contributed by atoms with Crippen molar-refractivity contribution in [2.24, 2.45) is 0 Å². The van der Waals surface area contributed by atoms with Crippen molar-refractivity contribution in [1.82, 2.24) is 18.9 Å². The Kier molecular flexibility index (Phi) is 4.70. The number of hydrogen-bond acceptors (Lipinski definition) is 5. The van der Waals surface area contributed by atoms with Gasteiger partial charge in [0.2, 0.25) is 10.0 Å². The number of rotatable bonds is 3. The number of ether oxygens (including phenoxy) is 1. The third kappa shape index (κ3) is 3.55. The summed E-state index contributed by atoms with van der Waals surface area (Å²) in [6, 6.07) is 5.80. The van der Waals surface area contributed by atoms with Gasteiger partial charge in [-0.25, -0.2) is 17.9 Å². The van der Waals surface area contributed by atoms with Crippen LogP contribution in [0.2, 0.25) is 0 Å². The van der Waals surface area contributed by atoms with Crippen molar-refractivity contribution in [3.8, 4) is 5.75 Å². The molecule has 0 N–H and O–H groups in total. The number of halogens is 3. The van der Waals surface area contributed by atoms with Gasteiger partial charge in [0.1, 0.15) is 12.1 Å². The highest BCUT2D eigenvalue weighted by atomic mass is 32.2. The Hall–Kier alpha value is -2.66. The lowest BCUT2D eigenvalue weighted by Crippen LogP contribution is -2.38. The van der Waals surface area contributed by atoms with Gasteiger partial charge in [-0.2, -0.15) is 22.6 Å². The molecule has 0 atom stereocenters. The molecule has 3 aromatic rings. The van der Waals surface area contributed by atoms with E-state index < -0.39 is 27.7 Å². The molecule has 1 saturated heterocycles. The summed E-state index contributed by atoms with van der Waals surface area (Å²) in [6.45, 7) is 0.822. The minimum absolute atomic E-state index is 0.122. The summed E-state index contributed by atoms with van der Waals surface area (Å²) in [5.74, 6) is 0.269. The van der Waals surface area contributed by atoms with Crippen molar-refractivity contribution < 1.29 is 26.3 Å². The molecule has 0 amide bonds. The summed E-state index contributed by atoms with van der Waals surface area (Å²) < 4.78 is 75.2. The van der Waals surface area contributed by atoms with Gasteiger partial charge in [-0.15, -0.1) is 0 Å². The van der Waals surface area contributed by atoms with Gasteiger partial charge in [-0.05, 0) is 54.2 Å². The van der Waals surface area contributed by atoms with Crippen LogP contribution in [0.3, 0.4) is 0 Å². The molecule has 164 valence electrons. The highest BCUT2D eigenvalue weighted by Crippen LogP contribution is 2.40. The van der Waals surface area contributed by atoms with Crippen LogP contribution in [0.15, 0.2) is 41.7 Å². The monoisotopic (exact) mass is 452 g/mol. The third-order valence-electron chi connectivity index (χ3n) is 5.94. The van der Waals surface area contributed by atoms with E-state index >= 15 is 0 Å². The van der Waals surface area contributed by atoms with Crippen molar-refractivity contribution in [2.45, 2.75) is 36.3 Å². The Morgan fingerprint density at radius 3 is 2.65 bits per heavy atom. The van der Waals surface area contributed by atoms with Crippen molar-refractivity contribution in [1.29, 1.82) is 0 Å². The second-order valence-corrected chi connectivity index (χ2v) is 9.69. The van der Waals surface area contributed by atoms with E-state index in [1.54, 1.807) is 12.1 Å². The quantitative estimate of drug-likeness (QED) is 0.610. The molecule has 0 bridgehead atoms. The van der Waals surface area contributed by atoms with E-state index in [0.29, 0.717) is 18.8 Å². The molecule has 11 heteroatoms. The highest BCUT2D eigenvalue weighted by Gasteiger charge is 2.38. The molecule has 0 unspecified atom stereocenters. The van der Waals surface area contributed by atoms with Gasteiger partial charge in [0.25, 0.3) is 0 Å². The summed E-state index contributed by atoms with van der Waals surface area (Å²) in [5.41, 5.74) is 0.355. The van der Waals surface area contributed by atoms with E-state index in [-0.39, 0.29) is 42.0 Å². The molecule has 0 radical (unpaired) electrons. The molecule has 0 aliphatic carbocycles. The van der Waals surface area contributed by atoms with Crippen LogP contribution < -0.4 is 4.74 Å². The molecule has 1 fully saturated rings. The normalized spacial score (nSPS) is 18.3. The zero-order valence-corrected chi connectivity index (χ0v) is 17.2. The maximum Gasteiger partial charge on any atom is 0.416 e. The minimum Gasteiger partial charge on any atom is -0.493 e. The van der Waals surface area contributed by atoms with Crippen LogP contribution in [0, 0.1) is 0 Å². The van der Waals surface area contributed by atoms with E-state index in [9.17, 15) is 21.6 Å². The van der Waals surface area contributed by atoms with Gasteiger partial charge in [0, 0.05) is 25.7 Å². The van der Waals surface area contributed by atoms with E-state index in [1.807, 2.05) is 0 Å². The van der Waals surface area contributed by atoms with Crippen LogP contribution in [0.5, 0.6) is 5.75 Å². The second-order valence-electron chi connectivity index (χ2n) is 7.75. The van der Waals surface area contributed by atoms with Gasteiger partial charge < -0.3 is 4.74 Å². The molecule has 0 spiro atoms. The smallest absolute Gasteiger partial charge is 0.416 e. The number of alkyl halides is 3. The van der Waals surface area contributed by atoms with E-state index in [4.69, 9.17) is 4.74 Å². The number of fused-ring (bicyclic) bond motifs is 2. The fourth-order valence-corrected chi connectivity index (χ4v) is 5.85. The SMILES string of the molecule is O=S(=O)(c1ccc2c(c1)CCO2)N1CCC(c2cn3ncnc3cc2C(F)(F)F)CC1. The molecule has 7 nitrogen and oxygen atoms in total. The Morgan fingerprint density at radius 2 is 1.90 bits per heavy atom. The van der Waals surface area contributed by atoms with Gasteiger partial charge in [-0.1, -0.05) is 0 Å². The van der Waals surface area contributed by atoms with Crippen LogP contribution in [0.25, 0.3) is 5.65 Å². The lowest BCUT2D eigenvalue weighted by molar-refractivity contribution is -0.138. The van der Waals surface area contributed by atoms with Crippen LogP contribution >= 0.6 is 0 Å². The van der Waals surface area contributed by atoms with E-state index in [0.717, 1.165) is 11.6 Å². The average Bonchev–Trinajstić information content (AvgIpc) is 3.40. The lowest BCUT2D eigenvalue weighted by Gasteiger charge is -2.32. The van der Waals surface area contributed by atoms with Crippen molar-refractivity contribution in [3.63, 3.8) is 0 Å². The molecule has 1 aromatic carbocycles. The van der Waals surface area contributed by atoms with E-state index in [1.165, 1.54) is 27.4 Å². The van der Waals surface area contributed by atoms with E-state index in [2.05, 4.69) is 10.1 Å². The number of benzene rings is 1.